The average Bonchev–Trinajstić information content (AvgIpc) is 2.62. The van der Waals surface area contributed by atoms with Crippen LogP contribution in [-0.4, -0.2) is 18.4 Å². The fourth-order valence-corrected chi connectivity index (χ4v) is 2.13. The van der Waals surface area contributed by atoms with Gasteiger partial charge in [-0.2, -0.15) is 0 Å². The van der Waals surface area contributed by atoms with Gasteiger partial charge in [0.15, 0.2) is 0 Å². The van der Waals surface area contributed by atoms with Crippen LogP contribution in [0.1, 0.15) is 32.8 Å². The number of nitrogens with one attached hydrogen (secondary N) is 1. The fraction of sp³-hybridized carbons (Fsp3) is 0.467. The molecule has 1 aromatic rings. The molecule has 102 valence electrons. The molecule has 0 aliphatic carbocycles. The summed E-state index contributed by atoms with van der Waals surface area (Å²) in [6, 6.07) is 7.40. The number of hydrogen-bond acceptors (Lipinski definition) is 3. The summed E-state index contributed by atoms with van der Waals surface area (Å²) in [4.78, 5) is 23.2. The zero-order valence-electron chi connectivity index (χ0n) is 11.5. The van der Waals surface area contributed by atoms with Crippen molar-refractivity contribution in [3.8, 4) is 5.75 Å². The second kappa shape index (κ2) is 5.03. The number of amides is 2. The first-order valence-electron chi connectivity index (χ1n) is 6.49. The largest absolute Gasteiger partial charge is 0.493 e. The average molecular weight is 261 g/mol. The van der Waals surface area contributed by atoms with Crippen molar-refractivity contribution >= 4 is 11.8 Å². The summed E-state index contributed by atoms with van der Waals surface area (Å²) in [5.74, 6) is 0.808. The molecule has 1 N–H and O–H groups in total. The van der Waals surface area contributed by atoms with E-state index in [0.717, 1.165) is 11.3 Å². The summed E-state index contributed by atoms with van der Waals surface area (Å²) < 4.78 is 5.60. The minimum Gasteiger partial charge on any atom is -0.493 e. The third kappa shape index (κ3) is 2.78. The van der Waals surface area contributed by atoms with E-state index in [0.29, 0.717) is 12.5 Å². The number of carbonyl (C=O) groups excluding carboxylic acids is 2. The van der Waals surface area contributed by atoms with E-state index in [4.69, 9.17) is 4.74 Å². The first-order chi connectivity index (χ1) is 8.91. The van der Waals surface area contributed by atoms with Crippen LogP contribution in [0.2, 0.25) is 0 Å². The van der Waals surface area contributed by atoms with Crippen LogP contribution in [0.3, 0.4) is 0 Å². The van der Waals surface area contributed by atoms with Gasteiger partial charge in [-0.1, -0.05) is 26.0 Å². The highest BCUT2D eigenvalue weighted by atomic mass is 16.5. The minimum absolute atomic E-state index is 0.206. The molecule has 1 heterocycles. The summed E-state index contributed by atoms with van der Waals surface area (Å²) in [6.45, 7) is 6.63. The number of ether oxygens (including phenoxy) is 1. The molecule has 2 amide bonds. The lowest BCUT2D eigenvalue weighted by molar-refractivity contribution is -0.126. The van der Waals surface area contributed by atoms with E-state index >= 15 is 0 Å². The van der Waals surface area contributed by atoms with E-state index in [1.165, 1.54) is 0 Å². The molecule has 4 heteroatoms. The lowest BCUT2D eigenvalue weighted by Gasteiger charge is -2.20. The molecule has 1 atom stereocenters. The molecule has 2 rings (SSSR count). The lowest BCUT2D eigenvalue weighted by Crippen LogP contribution is -2.32. The van der Waals surface area contributed by atoms with Gasteiger partial charge in [-0.15, -0.1) is 0 Å². The predicted octanol–water partition coefficient (Wildman–Crippen LogP) is 2.03. The summed E-state index contributed by atoms with van der Waals surface area (Å²) in [5, 5.41) is 2.35. The molecule has 1 aliphatic rings. The fourth-order valence-electron chi connectivity index (χ4n) is 2.13. The first kappa shape index (κ1) is 13.6. The standard InChI is InChI=1S/C15H19NO3/c1-10(2)9-19-12-6-4-11(5-7-12)15(3)8-13(17)16-14(15)18/h4-7,10H,8-9H2,1-3H3,(H,16,17,18). The Morgan fingerprint density at radius 3 is 2.37 bits per heavy atom. The maximum absolute atomic E-state index is 11.8. The Morgan fingerprint density at radius 2 is 1.89 bits per heavy atom. The van der Waals surface area contributed by atoms with Gasteiger partial charge in [-0.05, 0) is 30.5 Å². The Hall–Kier alpha value is -1.84. The third-order valence-corrected chi connectivity index (χ3v) is 3.34. The summed E-state index contributed by atoms with van der Waals surface area (Å²) in [5.41, 5.74) is 0.0842. The molecule has 0 aromatic heterocycles. The van der Waals surface area contributed by atoms with E-state index < -0.39 is 5.41 Å². The van der Waals surface area contributed by atoms with Crippen LogP contribution in [0.5, 0.6) is 5.75 Å². The molecule has 1 aliphatic heterocycles. The normalized spacial score (nSPS) is 22.7. The van der Waals surface area contributed by atoms with Gasteiger partial charge in [-0.3, -0.25) is 14.9 Å². The van der Waals surface area contributed by atoms with Crippen LogP contribution >= 0.6 is 0 Å². The Labute approximate surface area is 113 Å². The molecule has 1 unspecified atom stereocenters. The van der Waals surface area contributed by atoms with Gasteiger partial charge >= 0.3 is 0 Å². The number of imide groups is 1. The molecule has 1 saturated heterocycles. The molecule has 19 heavy (non-hydrogen) atoms. The highest BCUT2D eigenvalue weighted by molar-refractivity contribution is 6.08. The molecule has 0 radical (unpaired) electrons. The van der Waals surface area contributed by atoms with Crippen LogP contribution in [0.15, 0.2) is 24.3 Å². The molecule has 0 saturated carbocycles. The molecule has 0 spiro atoms. The Morgan fingerprint density at radius 1 is 1.26 bits per heavy atom. The van der Waals surface area contributed by atoms with Gasteiger partial charge in [0.05, 0.1) is 12.0 Å². The van der Waals surface area contributed by atoms with Gasteiger partial charge in [0, 0.05) is 6.42 Å². The van der Waals surface area contributed by atoms with Crippen molar-refractivity contribution in [1.82, 2.24) is 5.32 Å². The van der Waals surface area contributed by atoms with Crippen molar-refractivity contribution in [2.45, 2.75) is 32.6 Å². The van der Waals surface area contributed by atoms with Crippen molar-refractivity contribution in [2.75, 3.05) is 6.61 Å². The second-order valence-electron chi connectivity index (χ2n) is 5.62. The van der Waals surface area contributed by atoms with E-state index in [-0.39, 0.29) is 18.2 Å². The molecular weight excluding hydrogens is 242 g/mol. The van der Waals surface area contributed by atoms with E-state index in [2.05, 4.69) is 19.2 Å². The van der Waals surface area contributed by atoms with Crippen molar-refractivity contribution in [3.05, 3.63) is 29.8 Å². The number of benzene rings is 1. The number of hydrogen-bond donors (Lipinski definition) is 1. The lowest BCUT2D eigenvalue weighted by atomic mass is 9.81. The second-order valence-corrected chi connectivity index (χ2v) is 5.62. The van der Waals surface area contributed by atoms with E-state index in [9.17, 15) is 9.59 Å². The maximum Gasteiger partial charge on any atom is 0.237 e. The van der Waals surface area contributed by atoms with Crippen molar-refractivity contribution in [2.24, 2.45) is 5.92 Å². The van der Waals surface area contributed by atoms with E-state index in [1.807, 2.05) is 24.3 Å². The van der Waals surface area contributed by atoms with Gasteiger partial charge in [0.1, 0.15) is 5.75 Å². The Kier molecular flexibility index (Phi) is 3.60. The van der Waals surface area contributed by atoms with E-state index in [1.54, 1.807) is 6.92 Å². The predicted molar refractivity (Wildman–Crippen MR) is 71.9 cm³/mol. The SMILES string of the molecule is CC(C)COc1ccc(C2(C)CC(=O)NC2=O)cc1. The molecule has 4 nitrogen and oxygen atoms in total. The summed E-state index contributed by atoms with van der Waals surface area (Å²) in [6.07, 6.45) is 0.206. The minimum atomic E-state index is -0.756. The smallest absolute Gasteiger partial charge is 0.237 e. The van der Waals surface area contributed by atoms with Crippen molar-refractivity contribution in [1.29, 1.82) is 0 Å². The highest BCUT2D eigenvalue weighted by Gasteiger charge is 2.43. The van der Waals surface area contributed by atoms with Gasteiger partial charge in [0.25, 0.3) is 0 Å². The summed E-state index contributed by atoms with van der Waals surface area (Å²) >= 11 is 0. The molecule has 1 aromatic carbocycles. The monoisotopic (exact) mass is 261 g/mol. The quantitative estimate of drug-likeness (QED) is 0.844. The number of rotatable bonds is 4. The molecular formula is C15H19NO3. The van der Waals surface area contributed by atoms with Gasteiger partial charge in [-0.25, -0.2) is 0 Å². The van der Waals surface area contributed by atoms with Gasteiger partial charge in [0.2, 0.25) is 11.8 Å². The Bertz CT molecular complexity index is 493. The first-order valence-corrected chi connectivity index (χ1v) is 6.49. The van der Waals surface area contributed by atoms with Crippen LogP contribution in [0, 0.1) is 5.92 Å². The van der Waals surface area contributed by atoms with Crippen LogP contribution in [0.25, 0.3) is 0 Å². The third-order valence-electron chi connectivity index (χ3n) is 3.34. The highest BCUT2D eigenvalue weighted by Crippen LogP contribution is 2.32. The zero-order chi connectivity index (χ0) is 14.0. The topological polar surface area (TPSA) is 55.4 Å². The van der Waals surface area contributed by atoms with Crippen LogP contribution in [0.4, 0.5) is 0 Å². The number of carbonyl (C=O) groups is 2. The maximum atomic E-state index is 11.8. The van der Waals surface area contributed by atoms with Crippen LogP contribution < -0.4 is 10.1 Å². The summed E-state index contributed by atoms with van der Waals surface area (Å²) in [7, 11) is 0. The Balaban J connectivity index is 2.14. The molecule has 0 bridgehead atoms. The van der Waals surface area contributed by atoms with Gasteiger partial charge < -0.3 is 4.74 Å². The van der Waals surface area contributed by atoms with Crippen molar-refractivity contribution < 1.29 is 14.3 Å². The zero-order valence-corrected chi connectivity index (χ0v) is 11.5. The van der Waals surface area contributed by atoms with Crippen LogP contribution in [-0.2, 0) is 15.0 Å². The molecule has 1 fully saturated rings. The van der Waals surface area contributed by atoms with Crippen molar-refractivity contribution in [3.63, 3.8) is 0 Å².